The number of hydrogen-bond acceptors (Lipinski definition) is 3. The maximum absolute atomic E-state index is 5.00. The lowest BCUT2D eigenvalue weighted by atomic mass is 10.2. The first kappa shape index (κ1) is 8.91. The van der Waals surface area contributed by atoms with Crippen LogP contribution in [0.3, 0.4) is 0 Å². The van der Waals surface area contributed by atoms with Gasteiger partial charge in [-0.2, -0.15) is 5.10 Å². The van der Waals surface area contributed by atoms with E-state index in [0.717, 1.165) is 11.1 Å². The van der Waals surface area contributed by atoms with E-state index in [-0.39, 0.29) is 0 Å². The SMILES string of the molecule is c1ccc(-c2n[nH]c(-c3ccoc3)n2)cc1. The Balaban J connectivity index is 2.00. The van der Waals surface area contributed by atoms with Crippen molar-refractivity contribution in [3.63, 3.8) is 0 Å². The molecule has 2 heterocycles. The Morgan fingerprint density at radius 2 is 1.88 bits per heavy atom. The zero-order valence-corrected chi connectivity index (χ0v) is 8.42. The van der Waals surface area contributed by atoms with E-state index in [0.29, 0.717) is 11.6 Å². The average molecular weight is 211 g/mol. The molecule has 0 radical (unpaired) electrons. The van der Waals surface area contributed by atoms with Crippen molar-refractivity contribution in [2.45, 2.75) is 0 Å². The molecule has 0 aliphatic heterocycles. The Hall–Kier alpha value is -2.36. The van der Waals surface area contributed by atoms with Crippen molar-refractivity contribution < 1.29 is 4.42 Å². The van der Waals surface area contributed by atoms with E-state index in [1.165, 1.54) is 0 Å². The lowest BCUT2D eigenvalue weighted by molar-refractivity contribution is 0.568. The van der Waals surface area contributed by atoms with Crippen LogP contribution in [0.2, 0.25) is 0 Å². The van der Waals surface area contributed by atoms with Gasteiger partial charge in [-0.15, -0.1) is 0 Å². The molecule has 0 atom stereocenters. The van der Waals surface area contributed by atoms with Crippen LogP contribution in [0.4, 0.5) is 0 Å². The normalized spacial score (nSPS) is 10.5. The highest BCUT2D eigenvalue weighted by atomic mass is 16.3. The van der Waals surface area contributed by atoms with Crippen molar-refractivity contribution in [3.05, 3.63) is 48.9 Å². The first-order valence-electron chi connectivity index (χ1n) is 4.94. The summed E-state index contributed by atoms with van der Waals surface area (Å²) in [6.45, 7) is 0. The summed E-state index contributed by atoms with van der Waals surface area (Å²) >= 11 is 0. The second-order valence-electron chi connectivity index (χ2n) is 3.39. The molecule has 0 aliphatic carbocycles. The molecule has 0 saturated carbocycles. The third-order valence-corrected chi connectivity index (χ3v) is 2.31. The van der Waals surface area contributed by atoms with E-state index in [1.54, 1.807) is 12.5 Å². The van der Waals surface area contributed by atoms with E-state index in [2.05, 4.69) is 15.2 Å². The molecule has 0 saturated heterocycles. The molecule has 3 rings (SSSR count). The average Bonchev–Trinajstić information content (AvgIpc) is 3.01. The summed E-state index contributed by atoms with van der Waals surface area (Å²) in [5, 5.41) is 7.05. The van der Waals surface area contributed by atoms with Crippen LogP contribution in [0, 0.1) is 0 Å². The molecule has 16 heavy (non-hydrogen) atoms. The van der Waals surface area contributed by atoms with Crippen molar-refractivity contribution in [2.75, 3.05) is 0 Å². The topological polar surface area (TPSA) is 54.7 Å². The largest absolute Gasteiger partial charge is 0.472 e. The smallest absolute Gasteiger partial charge is 0.181 e. The van der Waals surface area contributed by atoms with Gasteiger partial charge in [-0.25, -0.2) is 4.98 Å². The van der Waals surface area contributed by atoms with E-state index in [1.807, 2.05) is 36.4 Å². The maximum atomic E-state index is 5.00. The number of hydrogen-bond donors (Lipinski definition) is 1. The Morgan fingerprint density at radius 1 is 1.00 bits per heavy atom. The van der Waals surface area contributed by atoms with Crippen LogP contribution in [-0.2, 0) is 0 Å². The van der Waals surface area contributed by atoms with Crippen LogP contribution < -0.4 is 0 Å². The zero-order valence-electron chi connectivity index (χ0n) is 8.42. The number of rotatable bonds is 2. The maximum Gasteiger partial charge on any atom is 0.181 e. The van der Waals surface area contributed by atoms with Gasteiger partial charge in [0.1, 0.15) is 6.26 Å². The second kappa shape index (κ2) is 3.66. The van der Waals surface area contributed by atoms with Gasteiger partial charge < -0.3 is 4.42 Å². The molecular formula is C12H9N3O. The summed E-state index contributed by atoms with van der Waals surface area (Å²) < 4.78 is 5.00. The summed E-state index contributed by atoms with van der Waals surface area (Å²) in [5.74, 6) is 1.41. The minimum Gasteiger partial charge on any atom is -0.472 e. The van der Waals surface area contributed by atoms with Crippen LogP contribution in [0.15, 0.2) is 53.3 Å². The van der Waals surface area contributed by atoms with Crippen LogP contribution in [0.5, 0.6) is 0 Å². The van der Waals surface area contributed by atoms with Crippen LogP contribution in [0.25, 0.3) is 22.8 Å². The molecule has 0 spiro atoms. The molecule has 0 aliphatic rings. The summed E-state index contributed by atoms with van der Waals surface area (Å²) in [6, 6.07) is 11.7. The predicted octanol–water partition coefficient (Wildman–Crippen LogP) is 2.73. The molecule has 4 nitrogen and oxygen atoms in total. The van der Waals surface area contributed by atoms with Crippen molar-refractivity contribution in [1.29, 1.82) is 0 Å². The van der Waals surface area contributed by atoms with Crippen molar-refractivity contribution in [1.82, 2.24) is 15.2 Å². The molecule has 0 fully saturated rings. The fraction of sp³-hybridized carbons (Fsp3) is 0. The summed E-state index contributed by atoms with van der Waals surface area (Å²) in [5.41, 5.74) is 1.89. The highest BCUT2D eigenvalue weighted by molar-refractivity contribution is 5.59. The predicted molar refractivity (Wildman–Crippen MR) is 59.5 cm³/mol. The highest BCUT2D eigenvalue weighted by Gasteiger charge is 2.07. The summed E-state index contributed by atoms with van der Waals surface area (Å²) in [4.78, 5) is 4.40. The number of aromatic amines is 1. The molecule has 3 aromatic rings. The second-order valence-corrected chi connectivity index (χ2v) is 3.39. The van der Waals surface area contributed by atoms with Gasteiger partial charge in [-0.1, -0.05) is 30.3 Å². The Kier molecular flexibility index (Phi) is 2.04. The van der Waals surface area contributed by atoms with Gasteiger partial charge in [-0.05, 0) is 6.07 Å². The number of benzene rings is 1. The van der Waals surface area contributed by atoms with Gasteiger partial charge in [0.05, 0.1) is 11.8 Å². The molecule has 4 heteroatoms. The lowest BCUT2D eigenvalue weighted by Crippen LogP contribution is -1.79. The van der Waals surface area contributed by atoms with E-state index >= 15 is 0 Å². The highest BCUT2D eigenvalue weighted by Crippen LogP contribution is 2.19. The van der Waals surface area contributed by atoms with Gasteiger partial charge in [-0.3, -0.25) is 5.10 Å². The van der Waals surface area contributed by atoms with Gasteiger partial charge >= 0.3 is 0 Å². The van der Waals surface area contributed by atoms with E-state index in [9.17, 15) is 0 Å². The molecule has 2 aromatic heterocycles. The standard InChI is InChI=1S/C12H9N3O/c1-2-4-9(5-3-1)11-13-12(15-14-11)10-6-7-16-8-10/h1-8H,(H,13,14,15). The van der Waals surface area contributed by atoms with Crippen molar-refractivity contribution in [3.8, 4) is 22.8 Å². The van der Waals surface area contributed by atoms with Crippen molar-refractivity contribution >= 4 is 0 Å². The van der Waals surface area contributed by atoms with Gasteiger partial charge in [0.2, 0.25) is 0 Å². The number of aromatic nitrogens is 3. The van der Waals surface area contributed by atoms with Gasteiger partial charge in [0.25, 0.3) is 0 Å². The molecule has 1 aromatic carbocycles. The third-order valence-electron chi connectivity index (χ3n) is 2.31. The van der Waals surface area contributed by atoms with Gasteiger partial charge in [0.15, 0.2) is 11.6 Å². The fourth-order valence-electron chi connectivity index (χ4n) is 1.51. The number of nitrogens with zero attached hydrogens (tertiary/aromatic N) is 2. The monoisotopic (exact) mass is 211 g/mol. The molecule has 1 N–H and O–H groups in total. The van der Waals surface area contributed by atoms with Crippen LogP contribution in [0.1, 0.15) is 0 Å². The Morgan fingerprint density at radius 3 is 2.62 bits per heavy atom. The minimum absolute atomic E-state index is 0.691. The quantitative estimate of drug-likeness (QED) is 0.709. The Labute approximate surface area is 92.0 Å². The number of H-pyrrole nitrogens is 1. The lowest BCUT2D eigenvalue weighted by Gasteiger charge is -1.91. The molecule has 0 amide bonds. The third kappa shape index (κ3) is 1.50. The summed E-state index contributed by atoms with van der Waals surface area (Å²) in [6.07, 6.45) is 3.25. The molecular weight excluding hydrogens is 202 g/mol. The zero-order chi connectivity index (χ0) is 10.8. The fourth-order valence-corrected chi connectivity index (χ4v) is 1.51. The van der Waals surface area contributed by atoms with Crippen LogP contribution in [-0.4, -0.2) is 15.2 Å². The van der Waals surface area contributed by atoms with Gasteiger partial charge in [0, 0.05) is 5.56 Å². The first-order valence-corrected chi connectivity index (χ1v) is 4.94. The molecule has 78 valence electrons. The van der Waals surface area contributed by atoms with Crippen molar-refractivity contribution in [2.24, 2.45) is 0 Å². The number of nitrogens with one attached hydrogen (secondary N) is 1. The van der Waals surface area contributed by atoms with Crippen LogP contribution >= 0.6 is 0 Å². The summed E-state index contributed by atoms with van der Waals surface area (Å²) in [7, 11) is 0. The first-order chi connectivity index (χ1) is 7.93. The minimum atomic E-state index is 0.691. The number of furan rings is 1. The molecule has 0 bridgehead atoms. The van der Waals surface area contributed by atoms with E-state index in [4.69, 9.17) is 4.42 Å². The Bertz CT molecular complexity index is 569. The molecule has 0 unspecified atom stereocenters. The van der Waals surface area contributed by atoms with E-state index < -0.39 is 0 Å².